The normalized spacial score (nSPS) is 10.7. The van der Waals surface area contributed by atoms with Crippen molar-refractivity contribution >= 4 is 11.6 Å². The van der Waals surface area contributed by atoms with Crippen LogP contribution in [0.4, 0.5) is 4.39 Å². The number of hydrogen-bond donors (Lipinski definition) is 0. The first-order valence-electron chi connectivity index (χ1n) is 5.95. The lowest BCUT2D eigenvalue weighted by molar-refractivity contribution is 0.628. The highest BCUT2D eigenvalue weighted by atomic mass is 35.5. The molecule has 0 unspecified atom stereocenters. The van der Waals surface area contributed by atoms with Crippen molar-refractivity contribution < 1.29 is 4.39 Å². The summed E-state index contributed by atoms with van der Waals surface area (Å²) >= 11 is 6.07. The molecule has 0 aliphatic rings. The fourth-order valence-electron chi connectivity index (χ4n) is 2.02. The van der Waals surface area contributed by atoms with Crippen LogP contribution in [0.1, 0.15) is 23.7 Å². The molecule has 0 aliphatic heterocycles. The molecule has 1 aromatic carbocycles. The molecule has 94 valence electrons. The summed E-state index contributed by atoms with van der Waals surface area (Å²) in [6, 6.07) is 6.81. The Hall–Kier alpha value is -1.41. The first-order valence-corrected chi connectivity index (χ1v) is 6.33. The Balaban J connectivity index is 2.66. The quantitative estimate of drug-likeness (QED) is 0.715. The van der Waals surface area contributed by atoms with Crippen molar-refractivity contribution in [1.82, 2.24) is 4.98 Å². The minimum Gasteiger partial charge on any atom is -0.241 e. The van der Waals surface area contributed by atoms with Crippen LogP contribution in [0, 0.1) is 19.7 Å². The van der Waals surface area contributed by atoms with Gasteiger partial charge in [-0.2, -0.15) is 0 Å². The third-order valence-electron chi connectivity index (χ3n) is 3.11. The van der Waals surface area contributed by atoms with Crippen LogP contribution in [0.5, 0.6) is 0 Å². The number of aryl methyl sites for hydroxylation is 3. The van der Waals surface area contributed by atoms with E-state index >= 15 is 0 Å². The zero-order valence-electron chi connectivity index (χ0n) is 10.7. The summed E-state index contributed by atoms with van der Waals surface area (Å²) in [6.45, 7) is 5.89. The van der Waals surface area contributed by atoms with Crippen LogP contribution in [-0.2, 0) is 6.42 Å². The molecule has 0 radical (unpaired) electrons. The summed E-state index contributed by atoms with van der Waals surface area (Å²) in [4.78, 5) is 4.33. The average molecular weight is 264 g/mol. The maximum absolute atomic E-state index is 13.4. The van der Waals surface area contributed by atoms with Gasteiger partial charge in [0.25, 0.3) is 0 Å². The number of aromatic nitrogens is 1. The van der Waals surface area contributed by atoms with Gasteiger partial charge in [-0.15, -0.1) is 0 Å². The summed E-state index contributed by atoms with van der Waals surface area (Å²) in [6.07, 6.45) is 0.813. The number of hydrogen-bond acceptors (Lipinski definition) is 1. The largest absolute Gasteiger partial charge is 0.241 e. The van der Waals surface area contributed by atoms with E-state index in [1.54, 1.807) is 12.1 Å². The SMILES string of the molecule is CCc1cc(-c2cc(F)ccc2C)c(C)nc1Cl. The van der Waals surface area contributed by atoms with Crippen molar-refractivity contribution in [1.29, 1.82) is 0 Å². The first-order chi connectivity index (χ1) is 8.52. The standard InChI is InChI=1S/C15H15ClFN/c1-4-11-7-14(10(3)18-15(11)16)13-8-12(17)6-5-9(13)2/h5-8H,4H2,1-3H3. The van der Waals surface area contributed by atoms with Gasteiger partial charge in [0.1, 0.15) is 11.0 Å². The minimum absolute atomic E-state index is 0.233. The molecular formula is C15H15ClFN. The van der Waals surface area contributed by atoms with Crippen molar-refractivity contribution in [3.8, 4) is 11.1 Å². The van der Waals surface area contributed by atoms with Crippen molar-refractivity contribution in [2.75, 3.05) is 0 Å². The Kier molecular flexibility index (Phi) is 3.67. The van der Waals surface area contributed by atoms with E-state index in [-0.39, 0.29) is 5.82 Å². The summed E-state index contributed by atoms with van der Waals surface area (Å²) in [5, 5.41) is 0.535. The van der Waals surface area contributed by atoms with Gasteiger partial charge >= 0.3 is 0 Å². The highest BCUT2D eigenvalue weighted by Gasteiger charge is 2.11. The van der Waals surface area contributed by atoms with E-state index in [2.05, 4.69) is 4.98 Å². The Labute approximate surface area is 112 Å². The van der Waals surface area contributed by atoms with Crippen LogP contribution in [0.2, 0.25) is 5.15 Å². The van der Waals surface area contributed by atoms with Crippen LogP contribution < -0.4 is 0 Å². The van der Waals surface area contributed by atoms with E-state index in [1.807, 2.05) is 26.8 Å². The van der Waals surface area contributed by atoms with Gasteiger partial charge in [0, 0.05) is 11.3 Å². The fraction of sp³-hybridized carbons (Fsp3) is 0.267. The average Bonchev–Trinajstić information content (AvgIpc) is 2.33. The van der Waals surface area contributed by atoms with E-state index in [0.717, 1.165) is 34.4 Å². The third-order valence-corrected chi connectivity index (χ3v) is 3.44. The zero-order chi connectivity index (χ0) is 13.3. The predicted molar refractivity (Wildman–Crippen MR) is 73.5 cm³/mol. The molecule has 2 aromatic rings. The summed E-state index contributed by atoms with van der Waals surface area (Å²) in [5.41, 5.74) is 4.68. The van der Waals surface area contributed by atoms with Crippen LogP contribution in [0.25, 0.3) is 11.1 Å². The van der Waals surface area contributed by atoms with Crippen LogP contribution in [0.3, 0.4) is 0 Å². The van der Waals surface area contributed by atoms with E-state index < -0.39 is 0 Å². The molecule has 0 N–H and O–H groups in total. The van der Waals surface area contributed by atoms with Crippen LogP contribution in [-0.4, -0.2) is 4.98 Å². The number of pyridine rings is 1. The van der Waals surface area contributed by atoms with Crippen molar-refractivity contribution in [2.45, 2.75) is 27.2 Å². The van der Waals surface area contributed by atoms with E-state index in [0.29, 0.717) is 5.15 Å². The van der Waals surface area contributed by atoms with Gasteiger partial charge in [-0.05, 0) is 55.2 Å². The molecule has 0 aliphatic carbocycles. The lowest BCUT2D eigenvalue weighted by atomic mass is 9.97. The molecular weight excluding hydrogens is 249 g/mol. The maximum atomic E-state index is 13.4. The molecule has 1 heterocycles. The third kappa shape index (κ3) is 2.39. The molecule has 18 heavy (non-hydrogen) atoms. The van der Waals surface area contributed by atoms with Gasteiger partial charge in [0.15, 0.2) is 0 Å². The topological polar surface area (TPSA) is 12.9 Å². The molecule has 1 nitrogen and oxygen atoms in total. The van der Waals surface area contributed by atoms with Gasteiger partial charge in [-0.3, -0.25) is 0 Å². The van der Waals surface area contributed by atoms with Gasteiger partial charge in [0.2, 0.25) is 0 Å². The lowest BCUT2D eigenvalue weighted by Gasteiger charge is -2.12. The summed E-state index contributed by atoms with van der Waals surface area (Å²) in [5.74, 6) is -0.233. The van der Waals surface area contributed by atoms with Gasteiger partial charge < -0.3 is 0 Å². The first kappa shape index (κ1) is 13.0. The monoisotopic (exact) mass is 263 g/mol. The molecule has 0 saturated heterocycles. The van der Waals surface area contributed by atoms with Gasteiger partial charge in [-0.25, -0.2) is 9.37 Å². The molecule has 0 saturated carbocycles. The molecule has 0 bridgehead atoms. The molecule has 3 heteroatoms. The molecule has 1 aromatic heterocycles. The Bertz CT molecular complexity index is 593. The maximum Gasteiger partial charge on any atom is 0.132 e. The van der Waals surface area contributed by atoms with E-state index in [1.165, 1.54) is 6.07 Å². The summed E-state index contributed by atoms with van der Waals surface area (Å²) < 4.78 is 13.4. The van der Waals surface area contributed by atoms with Crippen molar-refractivity contribution in [2.24, 2.45) is 0 Å². The van der Waals surface area contributed by atoms with Crippen LogP contribution >= 0.6 is 11.6 Å². The Morgan fingerprint density at radius 3 is 2.56 bits per heavy atom. The lowest BCUT2D eigenvalue weighted by Crippen LogP contribution is -1.96. The smallest absolute Gasteiger partial charge is 0.132 e. The second-order valence-corrected chi connectivity index (χ2v) is 4.74. The van der Waals surface area contributed by atoms with Crippen molar-refractivity contribution in [3.63, 3.8) is 0 Å². The number of halogens is 2. The zero-order valence-corrected chi connectivity index (χ0v) is 11.5. The Morgan fingerprint density at radius 2 is 1.89 bits per heavy atom. The summed E-state index contributed by atoms with van der Waals surface area (Å²) in [7, 11) is 0. The number of nitrogens with zero attached hydrogens (tertiary/aromatic N) is 1. The molecule has 0 spiro atoms. The van der Waals surface area contributed by atoms with Crippen LogP contribution in [0.15, 0.2) is 24.3 Å². The van der Waals surface area contributed by atoms with Gasteiger partial charge in [-0.1, -0.05) is 24.6 Å². The Morgan fingerprint density at radius 1 is 1.17 bits per heavy atom. The molecule has 0 fully saturated rings. The highest BCUT2D eigenvalue weighted by molar-refractivity contribution is 6.30. The molecule has 0 atom stereocenters. The predicted octanol–water partition coefficient (Wildman–Crippen LogP) is 4.72. The van der Waals surface area contributed by atoms with E-state index in [9.17, 15) is 4.39 Å². The van der Waals surface area contributed by atoms with Gasteiger partial charge in [0.05, 0.1) is 0 Å². The number of benzene rings is 1. The number of rotatable bonds is 2. The second kappa shape index (κ2) is 5.07. The minimum atomic E-state index is -0.233. The highest BCUT2D eigenvalue weighted by Crippen LogP contribution is 2.29. The van der Waals surface area contributed by atoms with Crippen molar-refractivity contribution in [3.05, 3.63) is 52.1 Å². The fourth-order valence-corrected chi connectivity index (χ4v) is 2.34. The molecule has 2 rings (SSSR count). The molecule has 0 amide bonds. The van der Waals surface area contributed by atoms with E-state index in [4.69, 9.17) is 11.6 Å². The second-order valence-electron chi connectivity index (χ2n) is 4.38.